The highest BCUT2D eigenvalue weighted by Crippen LogP contribution is 2.35. The second kappa shape index (κ2) is 7.06. The van der Waals surface area contributed by atoms with Crippen molar-refractivity contribution in [1.82, 2.24) is 0 Å². The van der Waals surface area contributed by atoms with Crippen LogP contribution >= 0.6 is 15.9 Å². The van der Waals surface area contributed by atoms with Crippen LogP contribution in [0.4, 0.5) is 4.39 Å². The van der Waals surface area contributed by atoms with Crippen LogP contribution in [0.15, 0.2) is 51.6 Å². The molecule has 2 aromatic carbocycles. The number of rotatable bonds is 4. The van der Waals surface area contributed by atoms with E-state index < -0.39 is 11.8 Å². The summed E-state index contributed by atoms with van der Waals surface area (Å²) < 4.78 is 30.1. The summed E-state index contributed by atoms with van der Waals surface area (Å²) in [6.45, 7) is 0. The van der Waals surface area contributed by atoms with E-state index in [9.17, 15) is 9.18 Å². The molecule has 1 aliphatic heterocycles. The highest BCUT2D eigenvalue weighted by molar-refractivity contribution is 9.10. The SMILES string of the molecule is COc1cc(Br)c(/C=C2\N=C(c3ccccc3F)OC2=O)cc1OC. The Morgan fingerprint density at radius 2 is 1.84 bits per heavy atom. The van der Waals surface area contributed by atoms with Gasteiger partial charge in [0.2, 0.25) is 5.90 Å². The topological polar surface area (TPSA) is 57.1 Å². The van der Waals surface area contributed by atoms with Crippen molar-refractivity contribution < 1.29 is 23.4 Å². The number of carbonyl (C=O) groups is 1. The van der Waals surface area contributed by atoms with E-state index in [1.807, 2.05) is 0 Å². The van der Waals surface area contributed by atoms with Gasteiger partial charge < -0.3 is 14.2 Å². The third-order valence-corrected chi connectivity index (χ3v) is 4.21. The Labute approximate surface area is 151 Å². The first-order valence-corrected chi connectivity index (χ1v) is 8.01. The van der Waals surface area contributed by atoms with Gasteiger partial charge in [0.1, 0.15) is 5.82 Å². The Bertz CT molecular complexity index is 908. The number of hydrogen-bond donors (Lipinski definition) is 0. The van der Waals surface area contributed by atoms with Gasteiger partial charge in [0.05, 0.1) is 19.8 Å². The molecule has 0 radical (unpaired) electrons. The molecule has 0 amide bonds. The van der Waals surface area contributed by atoms with E-state index in [4.69, 9.17) is 14.2 Å². The molecule has 7 heteroatoms. The van der Waals surface area contributed by atoms with Gasteiger partial charge in [-0.3, -0.25) is 0 Å². The lowest BCUT2D eigenvalue weighted by atomic mass is 10.1. The third-order valence-electron chi connectivity index (χ3n) is 3.52. The summed E-state index contributed by atoms with van der Waals surface area (Å²) in [4.78, 5) is 16.2. The zero-order chi connectivity index (χ0) is 18.0. The molecule has 0 unspecified atom stereocenters. The standard InChI is InChI=1S/C18H13BrFNO4/c1-23-15-8-10(12(19)9-16(15)24-2)7-14-18(22)25-17(21-14)11-5-3-4-6-13(11)20/h3-9H,1-2H3/b14-7-. The van der Waals surface area contributed by atoms with Gasteiger partial charge in [0.25, 0.3) is 0 Å². The lowest BCUT2D eigenvalue weighted by Crippen LogP contribution is -2.07. The fourth-order valence-corrected chi connectivity index (χ4v) is 2.72. The highest BCUT2D eigenvalue weighted by atomic mass is 79.9. The molecule has 25 heavy (non-hydrogen) atoms. The molecular weight excluding hydrogens is 393 g/mol. The predicted molar refractivity (Wildman–Crippen MR) is 94.3 cm³/mol. The molecule has 0 spiro atoms. The Balaban J connectivity index is 2.02. The average Bonchev–Trinajstić information content (AvgIpc) is 2.97. The highest BCUT2D eigenvalue weighted by Gasteiger charge is 2.26. The van der Waals surface area contributed by atoms with E-state index in [0.717, 1.165) is 0 Å². The number of cyclic esters (lactones) is 1. The minimum Gasteiger partial charge on any atom is -0.493 e. The van der Waals surface area contributed by atoms with Crippen molar-refractivity contribution in [3.8, 4) is 11.5 Å². The Morgan fingerprint density at radius 3 is 2.52 bits per heavy atom. The summed E-state index contributed by atoms with van der Waals surface area (Å²) in [7, 11) is 3.04. The third kappa shape index (κ3) is 3.41. The van der Waals surface area contributed by atoms with Gasteiger partial charge in [-0.15, -0.1) is 0 Å². The smallest absolute Gasteiger partial charge is 0.363 e. The predicted octanol–water partition coefficient (Wildman–Crippen LogP) is 3.95. The molecule has 0 aromatic heterocycles. The fourth-order valence-electron chi connectivity index (χ4n) is 2.29. The summed E-state index contributed by atoms with van der Waals surface area (Å²) in [5.74, 6) is -0.184. The van der Waals surface area contributed by atoms with Crippen LogP contribution in [0, 0.1) is 5.82 Å². The van der Waals surface area contributed by atoms with Gasteiger partial charge in [-0.05, 0) is 35.9 Å². The molecule has 1 heterocycles. The van der Waals surface area contributed by atoms with E-state index in [-0.39, 0.29) is 17.2 Å². The molecule has 0 saturated heterocycles. The second-order valence-corrected chi connectivity index (χ2v) is 5.90. The molecule has 2 aromatic rings. The Kier molecular flexibility index (Phi) is 4.85. The average molecular weight is 406 g/mol. The van der Waals surface area contributed by atoms with Crippen molar-refractivity contribution in [2.45, 2.75) is 0 Å². The van der Waals surface area contributed by atoms with Crippen LogP contribution in [-0.4, -0.2) is 26.1 Å². The molecule has 0 saturated carbocycles. The number of esters is 1. The maximum absolute atomic E-state index is 13.8. The summed E-state index contributed by atoms with van der Waals surface area (Å²) in [5.41, 5.74) is 0.833. The van der Waals surface area contributed by atoms with Crippen LogP contribution in [0.25, 0.3) is 6.08 Å². The van der Waals surface area contributed by atoms with Crippen molar-refractivity contribution in [1.29, 1.82) is 0 Å². The monoisotopic (exact) mass is 405 g/mol. The van der Waals surface area contributed by atoms with Crippen LogP contribution in [0.1, 0.15) is 11.1 Å². The van der Waals surface area contributed by atoms with Crippen LogP contribution in [-0.2, 0) is 9.53 Å². The second-order valence-electron chi connectivity index (χ2n) is 5.04. The molecule has 0 atom stereocenters. The van der Waals surface area contributed by atoms with E-state index in [1.165, 1.54) is 32.4 Å². The molecule has 5 nitrogen and oxygen atoms in total. The first-order chi connectivity index (χ1) is 12.0. The fraction of sp³-hybridized carbons (Fsp3) is 0.111. The molecule has 0 bridgehead atoms. The zero-order valence-electron chi connectivity index (χ0n) is 13.4. The van der Waals surface area contributed by atoms with Crippen molar-refractivity contribution in [2.75, 3.05) is 14.2 Å². The van der Waals surface area contributed by atoms with Crippen LogP contribution in [0.5, 0.6) is 11.5 Å². The molecule has 0 aliphatic carbocycles. The van der Waals surface area contributed by atoms with E-state index in [1.54, 1.807) is 24.3 Å². The van der Waals surface area contributed by atoms with Gasteiger partial charge in [0.15, 0.2) is 17.2 Å². The molecule has 0 N–H and O–H groups in total. The number of hydrogen-bond acceptors (Lipinski definition) is 5. The van der Waals surface area contributed by atoms with Crippen molar-refractivity contribution >= 4 is 33.9 Å². The summed E-state index contributed by atoms with van der Waals surface area (Å²) >= 11 is 3.41. The quantitative estimate of drug-likeness (QED) is 0.570. The number of carbonyl (C=O) groups excluding carboxylic acids is 1. The number of benzene rings is 2. The maximum atomic E-state index is 13.8. The minimum atomic E-state index is -0.653. The van der Waals surface area contributed by atoms with E-state index in [0.29, 0.717) is 21.5 Å². The normalized spacial score (nSPS) is 15.1. The van der Waals surface area contributed by atoms with E-state index >= 15 is 0 Å². The first kappa shape index (κ1) is 17.2. The molecule has 1 aliphatic rings. The molecule has 3 rings (SSSR count). The van der Waals surface area contributed by atoms with Crippen LogP contribution in [0.3, 0.4) is 0 Å². The molecule has 0 fully saturated rings. The molecule has 128 valence electrons. The largest absolute Gasteiger partial charge is 0.493 e. The number of aliphatic imine (C=N–C) groups is 1. The Hall–Kier alpha value is -2.67. The van der Waals surface area contributed by atoms with Gasteiger partial charge in [-0.25, -0.2) is 14.2 Å². The van der Waals surface area contributed by atoms with Crippen LogP contribution in [0.2, 0.25) is 0 Å². The van der Waals surface area contributed by atoms with Crippen molar-refractivity contribution in [3.05, 3.63) is 63.5 Å². The number of methoxy groups -OCH3 is 2. The minimum absolute atomic E-state index is 0.0613. The van der Waals surface area contributed by atoms with Gasteiger partial charge in [-0.1, -0.05) is 28.1 Å². The van der Waals surface area contributed by atoms with E-state index in [2.05, 4.69) is 20.9 Å². The summed E-state index contributed by atoms with van der Waals surface area (Å²) in [5, 5.41) is 0. The molecular formula is C18H13BrFNO4. The zero-order valence-corrected chi connectivity index (χ0v) is 15.0. The van der Waals surface area contributed by atoms with Crippen LogP contribution < -0.4 is 9.47 Å². The Morgan fingerprint density at radius 1 is 1.16 bits per heavy atom. The van der Waals surface area contributed by atoms with Gasteiger partial charge in [-0.2, -0.15) is 0 Å². The van der Waals surface area contributed by atoms with Crippen molar-refractivity contribution in [2.24, 2.45) is 4.99 Å². The van der Waals surface area contributed by atoms with Gasteiger partial charge >= 0.3 is 5.97 Å². The summed E-state index contributed by atoms with van der Waals surface area (Å²) in [6.07, 6.45) is 1.53. The lowest BCUT2D eigenvalue weighted by Gasteiger charge is -2.09. The summed E-state index contributed by atoms with van der Waals surface area (Å²) in [6, 6.07) is 9.37. The number of halogens is 2. The van der Waals surface area contributed by atoms with Gasteiger partial charge in [0, 0.05) is 4.47 Å². The van der Waals surface area contributed by atoms with Crippen molar-refractivity contribution in [3.63, 3.8) is 0 Å². The number of ether oxygens (including phenoxy) is 3. The first-order valence-electron chi connectivity index (χ1n) is 7.22. The number of nitrogens with zero attached hydrogens (tertiary/aromatic N) is 1. The maximum Gasteiger partial charge on any atom is 0.363 e. The lowest BCUT2D eigenvalue weighted by molar-refractivity contribution is -0.129.